The van der Waals surface area contributed by atoms with Gasteiger partial charge in [-0.25, -0.2) is 0 Å². The van der Waals surface area contributed by atoms with Crippen molar-refractivity contribution >= 4 is 90.0 Å². The predicted octanol–water partition coefficient (Wildman–Crippen LogP) is 11.4. The van der Waals surface area contributed by atoms with E-state index in [4.69, 9.17) is 4.42 Å². The lowest BCUT2D eigenvalue weighted by molar-refractivity contribution is 0.669. The van der Waals surface area contributed by atoms with E-state index in [1.807, 2.05) is 0 Å². The SMILES string of the molecule is c1ccc(N2B3c4ccccc4-n4c5ccccc5c5c(N(c6ccccc6)c6ccccc6)cc(c3c54)-c3c2ccc2oc4ccccc4c32)cc1. The Hall–Kier alpha value is -6.98. The molecule has 0 bridgehead atoms. The molecule has 0 saturated heterocycles. The molecule has 2 aliphatic rings. The number of para-hydroxylation sites is 6. The lowest BCUT2D eigenvalue weighted by atomic mass is 9.44. The van der Waals surface area contributed by atoms with Crippen molar-refractivity contribution < 1.29 is 4.42 Å². The Morgan fingerprint density at radius 1 is 0.509 bits per heavy atom. The molecule has 4 heterocycles. The summed E-state index contributed by atoms with van der Waals surface area (Å²) >= 11 is 0. The number of hydrogen-bond donors (Lipinski definition) is 0. The highest BCUT2D eigenvalue weighted by Gasteiger charge is 2.45. The Labute approximate surface area is 306 Å². The van der Waals surface area contributed by atoms with E-state index in [1.54, 1.807) is 0 Å². The molecule has 0 radical (unpaired) electrons. The summed E-state index contributed by atoms with van der Waals surface area (Å²) in [5.74, 6) is 0. The minimum Gasteiger partial charge on any atom is -0.456 e. The maximum Gasteiger partial charge on any atom is 0.333 e. The van der Waals surface area contributed by atoms with Crippen LogP contribution >= 0.6 is 0 Å². The van der Waals surface area contributed by atoms with Crippen molar-refractivity contribution in [3.05, 3.63) is 182 Å². The molecule has 246 valence electrons. The fraction of sp³-hybridized carbons (Fsp3) is 0. The third kappa shape index (κ3) is 3.86. The van der Waals surface area contributed by atoms with Crippen molar-refractivity contribution in [1.29, 1.82) is 0 Å². The van der Waals surface area contributed by atoms with Crippen LogP contribution in [0.2, 0.25) is 0 Å². The van der Waals surface area contributed by atoms with Gasteiger partial charge in [-0.2, -0.15) is 0 Å². The molecule has 8 aromatic carbocycles. The van der Waals surface area contributed by atoms with Gasteiger partial charge in [-0.1, -0.05) is 109 Å². The lowest BCUT2D eigenvalue weighted by Crippen LogP contribution is -2.60. The lowest BCUT2D eigenvalue weighted by Gasteiger charge is -2.42. The first-order valence-corrected chi connectivity index (χ1v) is 18.2. The molecule has 0 amide bonds. The van der Waals surface area contributed by atoms with E-state index < -0.39 is 0 Å². The van der Waals surface area contributed by atoms with Gasteiger partial charge in [-0.15, -0.1) is 0 Å². The molecule has 2 aliphatic heterocycles. The quantitative estimate of drug-likeness (QED) is 0.174. The normalized spacial score (nSPS) is 12.8. The van der Waals surface area contributed by atoms with Crippen LogP contribution in [0.5, 0.6) is 0 Å². The van der Waals surface area contributed by atoms with Crippen LogP contribution in [0.15, 0.2) is 186 Å². The predicted molar refractivity (Wildman–Crippen MR) is 222 cm³/mol. The molecule has 0 aliphatic carbocycles. The Balaban J connectivity index is 1.34. The zero-order chi connectivity index (χ0) is 34.6. The second kappa shape index (κ2) is 10.8. The number of furan rings is 1. The average Bonchev–Trinajstić information content (AvgIpc) is 3.78. The van der Waals surface area contributed by atoms with Gasteiger partial charge < -0.3 is 18.7 Å². The molecule has 0 saturated carbocycles. The Bertz CT molecular complexity index is 3040. The fourth-order valence-corrected chi connectivity index (χ4v) is 9.30. The largest absolute Gasteiger partial charge is 0.456 e. The van der Waals surface area contributed by atoms with E-state index >= 15 is 0 Å². The second-order valence-electron chi connectivity index (χ2n) is 14.0. The van der Waals surface area contributed by atoms with E-state index in [0.29, 0.717) is 0 Å². The van der Waals surface area contributed by atoms with Crippen LogP contribution in [0, 0.1) is 0 Å². The molecule has 0 N–H and O–H groups in total. The van der Waals surface area contributed by atoms with Gasteiger partial charge in [0, 0.05) is 55.5 Å². The van der Waals surface area contributed by atoms with E-state index in [2.05, 4.69) is 196 Å². The summed E-state index contributed by atoms with van der Waals surface area (Å²) in [4.78, 5) is 5.02. The first-order valence-electron chi connectivity index (χ1n) is 18.2. The third-order valence-electron chi connectivity index (χ3n) is 11.3. The molecular formula is C48H30BN3O. The van der Waals surface area contributed by atoms with Crippen LogP contribution in [-0.2, 0) is 0 Å². The molecule has 0 unspecified atom stereocenters. The van der Waals surface area contributed by atoms with Gasteiger partial charge in [-0.05, 0) is 89.3 Å². The highest BCUT2D eigenvalue weighted by molar-refractivity contribution is 6.94. The van der Waals surface area contributed by atoms with Gasteiger partial charge in [0.15, 0.2) is 0 Å². The van der Waals surface area contributed by atoms with E-state index in [-0.39, 0.29) is 6.85 Å². The minimum absolute atomic E-state index is 0.0676. The minimum atomic E-state index is -0.0676. The van der Waals surface area contributed by atoms with Crippen LogP contribution in [0.25, 0.3) is 60.6 Å². The summed E-state index contributed by atoms with van der Waals surface area (Å²) in [5, 5.41) is 4.75. The number of hydrogen-bond acceptors (Lipinski definition) is 3. The van der Waals surface area contributed by atoms with Gasteiger partial charge in [-0.3, -0.25) is 0 Å². The summed E-state index contributed by atoms with van der Waals surface area (Å²) in [6.45, 7) is -0.0676. The molecule has 2 aromatic heterocycles. The van der Waals surface area contributed by atoms with Gasteiger partial charge in [0.1, 0.15) is 11.2 Å². The van der Waals surface area contributed by atoms with Gasteiger partial charge >= 0.3 is 6.85 Å². The van der Waals surface area contributed by atoms with Crippen molar-refractivity contribution in [2.75, 3.05) is 9.71 Å². The van der Waals surface area contributed by atoms with Crippen LogP contribution in [0.3, 0.4) is 0 Å². The topological polar surface area (TPSA) is 24.6 Å². The number of nitrogens with zero attached hydrogens (tertiary/aromatic N) is 3. The Kier molecular flexibility index (Phi) is 5.83. The molecular weight excluding hydrogens is 645 g/mol. The summed E-state index contributed by atoms with van der Waals surface area (Å²) in [5.41, 5.74) is 16.2. The van der Waals surface area contributed by atoms with Crippen molar-refractivity contribution in [2.45, 2.75) is 0 Å². The fourth-order valence-electron chi connectivity index (χ4n) is 9.30. The zero-order valence-electron chi connectivity index (χ0n) is 28.6. The number of anilines is 5. The van der Waals surface area contributed by atoms with Gasteiger partial charge in [0.2, 0.25) is 0 Å². The molecule has 0 fully saturated rings. The average molecular weight is 676 g/mol. The molecule has 4 nitrogen and oxygen atoms in total. The first-order chi connectivity index (χ1) is 26.3. The highest BCUT2D eigenvalue weighted by atomic mass is 16.3. The van der Waals surface area contributed by atoms with E-state index in [1.165, 1.54) is 55.2 Å². The third-order valence-corrected chi connectivity index (χ3v) is 11.3. The molecule has 12 rings (SSSR count). The monoisotopic (exact) mass is 675 g/mol. The van der Waals surface area contributed by atoms with Crippen LogP contribution in [-0.4, -0.2) is 11.4 Å². The van der Waals surface area contributed by atoms with Gasteiger partial charge in [0.25, 0.3) is 0 Å². The van der Waals surface area contributed by atoms with Gasteiger partial charge in [0.05, 0.1) is 16.7 Å². The summed E-state index contributed by atoms with van der Waals surface area (Å²) in [6, 6.07) is 65.8. The second-order valence-corrected chi connectivity index (χ2v) is 14.0. The summed E-state index contributed by atoms with van der Waals surface area (Å²) < 4.78 is 9.15. The smallest absolute Gasteiger partial charge is 0.333 e. The number of fused-ring (bicyclic) bond motifs is 12. The van der Waals surface area contributed by atoms with Crippen molar-refractivity contribution in [2.24, 2.45) is 0 Å². The van der Waals surface area contributed by atoms with Crippen molar-refractivity contribution in [3.8, 4) is 16.8 Å². The first kappa shape index (κ1) is 28.7. The molecule has 5 heteroatoms. The molecule has 53 heavy (non-hydrogen) atoms. The van der Waals surface area contributed by atoms with E-state index in [9.17, 15) is 0 Å². The molecule has 10 aromatic rings. The number of aromatic nitrogens is 1. The Morgan fingerprint density at radius 2 is 1.15 bits per heavy atom. The van der Waals surface area contributed by atoms with Crippen LogP contribution in [0.1, 0.15) is 0 Å². The zero-order valence-corrected chi connectivity index (χ0v) is 28.6. The Morgan fingerprint density at radius 3 is 1.92 bits per heavy atom. The number of benzene rings is 8. The number of rotatable bonds is 4. The maximum absolute atomic E-state index is 6.61. The molecule has 0 spiro atoms. The summed E-state index contributed by atoms with van der Waals surface area (Å²) in [6.07, 6.45) is 0. The maximum atomic E-state index is 6.61. The summed E-state index contributed by atoms with van der Waals surface area (Å²) in [7, 11) is 0. The van der Waals surface area contributed by atoms with Crippen molar-refractivity contribution in [1.82, 2.24) is 4.57 Å². The van der Waals surface area contributed by atoms with Crippen LogP contribution in [0.4, 0.5) is 28.4 Å². The highest BCUT2D eigenvalue weighted by Crippen LogP contribution is 2.52. The van der Waals surface area contributed by atoms with Crippen molar-refractivity contribution in [3.63, 3.8) is 0 Å². The standard InChI is InChI=1S/C48H30BN3O/c1-4-16-31(17-5-1)50(32-18-6-2-7-19-32)41-30-36-44-40(28-29-43-46(44)35-23-11-15-27-42(35)53-43)52(33-20-8-3-9-21-33)49-37-24-12-14-26-39(37)51-38-25-13-10-22-34(38)45(41)48(51)47(36)49/h1-30H. The van der Waals surface area contributed by atoms with Crippen LogP contribution < -0.4 is 20.6 Å². The van der Waals surface area contributed by atoms with E-state index in [0.717, 1.165) is 44.7 Å². The molecule has 0 atom stereocenters.